The molecule has 102 valence electrons. The maximum Gasteiger partial charge on any atom is 0.220 e. The summed E-state index contributed by atoms with van der Waals surface area (Å²) in [4.78, 5) is 19.5. The standard InChI is InChI=1S/C15H21N3O/c1-3-11(4-2)16-15(19)10-9-14-17-12-7-5-6-8-13(12)18-14/h5-8,11H,3-4,9-10H2,1-2H3,(H,16,19)(H,17,18). The molecule has 0 bridgehead atoms. The molecule has 1 aromatic heterocycles. The summed E-state index contributed by atoms with van der Waals surface area (Å²) in [6.07, 6.45) is 3.09. The monoisotopic (exact) mass is 259 g/mol. The van der Waals surface area contributed by atoms with Gasteiger partial charge in [-0.05, 0) is 25.0 Å². The number of imidazole rings is 1. The molecule has 0 spiro atoms. The van der Waals surface area contributed by atoms with Gasteiger partial charge in [-0.3, -0.25) is 4.79 Å². The van der Waals surface area contributed by atoms with Crippen molar-refractivity contribution in [1.82, 2.24) is 15.3 Å². The van der Waals surface area contributed by atoms with Crippen LogP contribution in [0.2, 0.25) is 0 Å². The zero-order valence-corrected chi connectivity index (χ0v) is 11.6. The number of para-hydroxylation sites is 2. The van der Waals surface area contributed by atoms with Gasteiger partial charge in [0.25, 0.3) is 0 Å². The number of aromatic nitrogens is 2. The number of hydrogen-bond acceptors (Lipinski definition) is 2. The number of amides is 1. The fourth-order valence-electron chi connectivity index (χ4n) is 2.15. The highest BCUT2D eigenvalue weighted by molar-refractivity contribution is 5.77. The van der Waals surface area contributed by atoms with Gasteiger partial charge in [0.05, 0.1) is 11.0 Å². The quantitative estimate of drug-likeness (QED) is 0.838. The normalized spacial score (nSPS) is 11.1. The summed E-state index contributed by atoms with van der Waals surface area (Å²) in [6, 6.07) is 8.20. The van der Waals surface area contributed by atoms with Crippen LogP contribution in [-0.4, -0.2) is 21.9 Å². The molecule has 0 aliphatic carbocycles. The molecule has 19 heavy (non-hydrogen) atoms. The lowest BCUT2D eigenvalue weighted by Gasteiger charge is -2.14. The van der Waals surface area contributed by atoms with Crippen LogP contribution in [0.3, 0.4) is 0 Å². The Hall–Kier alpha value is -1.84. The topological polar surface area (TPSA) is 57.8 Å². The highest BCUT2D eigenvalue weighted by atomic mass is 16.1. The lowest BCUT2D eigenvalue weighted by atomic mass is 10.1. The summed E-state index contributed by atoms with van der Waals surface area (Å²) in [5.74, 6) is 0.982. The van der Waals surface area contributed by atoms with E-state index in [9.17, 15) is 4.79 Å². The fourth-order valence-corrected chi connectivity index (χ4v) is 2.15. The molecule has 4 nitrogen and oxygen atoms in total. The Balaban J connectivity index is 1.89. The second-order valence-corrected chi connectivity index (χ2v) is 4.78. The van der Waals surface area contributed by atoms with Crippen molar-refractivity contribution in [2.75, 3.05) is 0 Å². The molecule has 0 unspecified atom stereocenters. The van der Waals surface area contributed by atoms with Crippen molar-refractivity contribution in [2.24, 2.45) is 0 Å². The van der Waals surface area contributed by atoms with E-state index >= 15 is 0 Å². The first-order chi connectivity index (χ1) is 9.22. The van der Waals surface area contributed by atoms with Crippen molar-refractivity contribution in [1.29, 1.82) is 0 Å². The molecule has 1 amide bonds. The Morgan fingerprint density at radius 1 is 1.32 bits per heavy atom. The molecule has 2 aromatic rings. The Morgan fingerprint density at radius 3 is 2.74 bits per heavy atom. The first-order valence-corrected chi connectivity index (χ1v) is 6.96. The van der Waals surface area contributed by atoms with Gasteiger partial charge in [0.1, 0.15) is 5.82 Å². The van der Waals surface area contributed by atoms with Gasteiger partial charge in [-0.2, -0.15) is 0 Å². The van der Waals surface area contributed by atoms with Crippen LogP contribution in [0.5, 0.6) is 0 Å². The fraction of sp³-hybridized carbons (Fsp3) is 0.467. The van der Waals surface area contributed by atoms with E-state index in [4.69, 9.17) is 0 Å². The molecular formula is C15H21N3O. The van der Waals surface area contributed by atoms with Crippen LogP contribution in [0.15, 0.2) is 24.3 Å². The van der Waals surface area contributed by atoms with Crippen LogP contribution >= 0.6 is 0 Å². The molecule has 2 rings (SSSR count). The van der Waals surface area contributed by atoms with E-state index in [1.54, 1.807) is 0 Å². The Morgan fingerprint density at radius 2 is 2.05 bits per heavy atom. The van der Waals surface area contributed by atoms with Gasteiger partial charge < -0.3 is 10.3 Å². The van der Waals surface area contributed by atoms with Crippen molar-refractivity contribution in [2.45, 2.75) is 45.6 Å². The lowest BCUT2D eigenvalue weighted by Crippen LogP contribution is -2.33. The van der Waals surface area contributed by atoms with Crippen molar-refractivity contribution in [3.8, 4) is 0 Å². The largest absolute Gasteiger partial charge is 0.353 e. The van der Waals surface area contributed by atoms with E-state index in [0.29, 0.717) is 18.9 Å². The molecule has 0 atom stereocenters. The van der Waals surface area contributed by atoms with Gasteiger partial charge in [-0.1, -0.05) is 26.0 Å². The molecule has 0 aliphatic rings. The van der Waals surface area contributed by atoms with E-state index in [-0.39, 0.29) is 5.91 Å². The maximum atomic E-state index is 11.8. The van der Waals surface area contributed by atoms with Crippen molar-refractivity contribution in [3.63, 3.8) is 0 Å². The number of nitrogens with one attached hydrogen (secondary N) is 2. The number of aromatic amines is 1. The van der Waals surface area contributed by atoms with Crippen LogP contribution in [0.25, 0.3) is 11.0 Å². The van der Waals surface area contributed by atoms with E-state index in [0.717, 1.165) is 29.7 Å². The molecule has 0 fully saturated rings. The number of carbonyl (C=O) groups excluding carboxylic acids is 1. The Bertz CT molecular complexity index is 510. The van der Waals surface area contributed by atoms with Crippen LogP contribution in [0.1, 0.15) is 38.9 Å². The van der Waals surface area contributed by atoms with Crippen LogP contribution in [0, 0.1) is 0 Å². The van der Waals surface area contributed by atoms with Gasteiger partial charge in [0.15, 0.2) is 0 Å². The smallest absolute Gasteiger partial charge is 0.220 e. The molecule has 0 radical (unpaired) electrons. The van der Waals surface area contributed by atoms with Crippen molar-refractivity contribution < 1.29 is 4.79 Å². The van der Waals surface area contributed by atoms with Crippen LogP contribution in [-0.2, 0) is 11.2 Å². The summed E-state index contributed by atoms with van der Waals surface area (Å²) in [7, 11) is 0. The molecule has 0 saturated carbocycles. The first-order valence-electron chi connectivity index (χ1n) is 6.96. The van der Waals surface area contributed by atoms with Gasteiger partial charge in [0.2, 0.25) is 5.91 Å². The number of hydrogen-bond donors (Lipinski definition) is 2. The molecule has 1 aromatic carbocycles. The number of aryl methyl sites for hydroxylation is 1. The highest BCUT2D eigenvalue weighted by Crippen LogP contribution is 2.11. The number of fused-ring (bicyclic) bond motifs is 1. The average Bonchev–Trinajstić information content (AvgIpc) is 2.85. The van der Waals surface area contributed by atoms with E-state index < -0.39 is 0 Å². The second kappa shape index (κ2) is 6.36. The third kappa shape index (κ3) is 3.56. The van der Waals surface area contributed by atoms with Crippen molar-refractivity contribution >= 4 is 16.9 Å². The summed E-state index contributed by atoms with van der Waals surface area (Å²) < 4.78 is 0. The highest BCUT2D eigenvalue weighted by Gasteiger charge is 2.09. The third-order valence-corrected chi connectivity index (χ3v) is 3.38. The third-order valence-electron chi connectivity index (χ3n) is 3.38. The summed E-state index contributed by atoms with van der Waals surface area (Å²) in [6.45, 7) is 4.18. The number of rotatable bonds is 6. The first kappa shape index (κ1) is 13.6. The molecular weight excluding hydrogens is 238 g/mol. The number of carbonyl (C=O) groups is 1. The van der Waals surface area contributed by atoms with Crippen LogP contribution < -0.4 is 5.32 Å². The zero-order valence-electron chi connectivity index (χ0n) is 11.6. The van der Waals surface area contributed by atoms with E-state index in [1.165, 1.54) is 0 Å². The summed E-state index contributed by atoms with van der Waals surface area (Å²) in [5, 5.41) is 3.04. The molecule has 0 aliphatic heterocycles. The summed E-state index contributed by atoms with van der Waals surface area (Å²) in [5.41, 5.74) is 1.98. The van der Waals surface area contributed by atoms with E-state index in [2.05, 4.69) is 29.1 Å². The SMILES string of the molecule is CCC(CC)NC(=O)CCc1nc2ccccc2[nH]1. The molecule has 2 N–H and O–H groups in total. The number of nitrogens with zero attached hydrogens (tertiary/aromatic N) is 1. The minimum Gasteiger partial charge on any atom is -0.353 e. The Kier molecular flexibility index (Phi) is 4.55. The Labute approximate surface area is 113 Å². The molecule has 0 saturated heterocycles. The average molecular weight is 259 g/mol. The minimum atomic E-state index is 0.106. The maximum absolute atomic E-state index is 11.8. The van der Waals surface area contributed by atoms with Crippen molar-refractivity contribution in [3.05, 3.63) is 30.1 Å². The van der Waals surface area contributed by atoms with Crippen LogP contribution in [0.4, 0.5) is 0 Å². The second-order valence-electron chi connectivity index (χ2n) is 4.78. The zero-order chi connectivity index (χ0) is 13.7. The predicted octanol–water partition coefficient (Wildman–Crippen LogP) is 2.80. The predicted molar refractivity (Wildman–Crippen MR) is 76.9 cm³/mol. The minimum absolute atomic E-state index is 0.106. The molecule has 1 heterocycles. The van der Waals surface area contributed by atoms with Gasteiger partial charge in [-0.25, -0.2) is 4.98 Å². The van der Waals surface area contributed by atoms with E-state index in [1.807, 2.05) is 24.3 Å². The number of H-pyrrole nitrogens is 1. The van der Waals surface area contributed by atoms with Gasteiger partial charge >= 0.3 is 0 Å². The van der Waals surface area contributed by atoms with Gasteiger partial charge in [0, 0.05) is 18.9 Å². The lowest BCUT2D eigenvalue weighted by molar-refractivity contribution is -0.121. The number of benzene rings is 1. The van der Waals surface area contributed by atoms with Gasteiger partial charge in [-0.15, -0.1) is 0 Å². The molecule has 4 heteroatoms. The summed E-state index contributed by atoms with van der Waals surface area (Å²) >= 11 is 0.